The fourth-order valence-electron chi connectivity index (χ4n) is 3.82. The number of ether oxygens (including phenoxy) is 2. The Balaban J connectivity index is 1.65. The van der Waals surface area contributed by atoms with Gasteiger partial charge in [-0.05, 0) is 43.0 Å². The average molecular weight is 457 g/mol. The number of imide groups is 1. The van der Waals surface area contributed by atoms with E-state index in [9.17, 15) is 14.4 Å². The average Bonchev–Trinajstić information content (AvgIpc) is 3.49. The molecule has 1 saturated heterocycles. The van der Waals surface area contributed by atoms with Crippen LogP contribution >= 0.6 is 11.3 Å². The van der Waals surface area contributed by atoms with Crippen molar-refractivity contribution in [2.45, 2.75) is 31.8 Å². The Morgan fingerprint density at radius 2 is 1.97 bits per heavy atom. The van der Waals surface area contributed by atoms with E-state index in [1.807, 2.05) is 29.6 Å². The number of carbonyl (C=O) groups is 3. The Kier molecular flexibility index (Phi) is 5.64. The van der Waals surface area contributed by atoms with Crippen LogP contribution in [0.1, 0.15) is 36.8 Å². The molecule has 1 unspecified atom stereocenters. The third kappa shape index (κ3) is 3.81. The molecule has 0 aliphatic carbocycles. The highest BCUT2D eigenvalue weighted by Gasteiger charge is 2.46. The molecule has 1 N–H and O–H groups in total. The summed E-state index contributed by atoms with van der Waals surface area (Å²) in [6.45, 7) is 2.82. The smallest absolute Gasteiger partial charge is 0.325 e. The van der Waals surface area contributed by atoms with E-state index in [-0.39, 0.29) is 6.54 Å². The monoisotopic (exact) mass is 456 g/mol. The van der Waals surface area contributed by atoms with Gasteiger partial charge in [0.1, 0.15) is 12.1 Å². The van der Waals surface area contributed by atoms with Crippen LogP contribution in [0.2, 0.25) is 0 Å². The molecule has 32 heavy (non-hydrogen) atoms. The van der Waals surface area contributed by atoms with Crippen LogP contribution in [0.3, 0.4) is 0 Å². The molecule has 2 aliphatic heterocycles. The molecule has 4 rings (SSSR count). The van der Waals surface area contributed by atoms with Crippen LogP contribution in [0.25, 0.3) is 0 Å². The van der Waals surface area contributed by atoms with E-state index in [0.717, 1.165) is 21.1 Å². The van der Waals surface area contributed by atoms with Crippen LogP contribution in [0.15, 0.2) is 40.8 Å². The maximum absolute atomic E-state index is 13.3. The molecule has 0 spiro atoms. The first-order valence-electron chi connectivity index (χ1n) is 10.0. The van der Waals surface area contributed by atoms with E-state index in [1.54, 1.807) is 34.1 Å². The van der Waals surface area contributed by atoms with Crippen LogP contribution in [-0.2, 0) is 9.59 Å². The van der Waals surface area contributed by atoms with Gasteiger partial charge >= 0.3 is 6.03 Å². The highest BCUT2D eigenvalue weighted by Crippen LogP contribution is 2.38. The summed E-state index contributed by atoms with van der Waals surface area (Å²) in [6, 6.07) is 8.33. The number of rotatable bonds is 6. The van der Waals surface area contributed by atoms with Gasteiger partial charge in [0.05, 0.1) is 30.9 Å². The number of nitrogens with one attached hydrogen (secondary N) is 1. The molecule has 2 aromatic rings. The van der Waals surface area contributed by atoms with Crippen molar-refractivity contribution in [2.75, 3.05) is 20.8 Å². The third-order valence-corrected chi connectivity index (χ3v) is 6.42. The van der Waals surface area contributed by atoms with Crippen LogP contribution in [0.4, 0.5) is 4.79 Å². The van der Waals surface area contributed by atoms with Crippen LogP contribution in [0, 0.1) is 0 Å². The maximum Gasteiger partial charge on any atom is 0.325 e. The van der Waals surface area contributed by atoms with Gasteiger partial charge in [0.15, 0.2) is 11.5 Å². The van der Waals surface area contributed by atoms with Gasteiger partial charge in [-0.1, -0.05) is 12.1 Å². The van der Waals surface area contributed by atoms with Gasteiger partial charge in [0.25, 0.3) is 11.8 Å². The first-order valence-corrected chi connectivity index (χ1v) is 10.9. The molecule has 2 aliphatic rings. The summed E-state index contributed by atoms with van der Waals surface area (Å²) in [5.74, 6) is 0.226. The van der Waals surface area contributed by atoms with Crippen molar-refractivity contribution in [3.05, 3.63) is 46.2 Å². The summed E-state index contributed by atoms with van der Waals surface area (Å²) < 4.78 is 10.7. The normalized spacial score (nSPS) is 19.8. The number of hydrogen-bond donors (Lipinski definition) is 1. The molecule has 3 heterocycles. The van der Waals surface area contributed by atoms with E-state index in [1.165, 1.54) is 16.3 Å². The van der Waals surface area contributed by atoms with E-state index >= 15 is 0 Å². The van der Waals surface area contributed by atoms with Gasteiger partial charge in [0.2, 0.25) is 0 Å². The van der Waals surface area contributed by atoms with Gasteiger partial charge in [-0.15, -0.1) is 11.3 Å². The zero-order valence-electron chi connectivity index (χ0n) is 18.2. The summed E-state index contributed by atoms with van der Waals surface area (Å²) in [6.07, 6.45) is 0.493. The molecule has 0 bridgehead atoms. The Morgan fingerprint density at radius 1 is 1.22 bits per heavy atom. The minimum atomic E-state index is -1.05. The lowest BCUT2D eigenvalue weighted by molar-refractivity contribution is -0.139. The fraction of sp³-hybridized carbons (Fsp3) is 0.364. The highest BCUT2D eigenvalue weighted by molar-refractivity contribution is 7.12. The summed E-state index contributed by atoms with van der Waals surface area (Å²) in [7, 11) is 3.10. The van der Waals surface area contributed by atoms with E-state index in [4.69, 9.17) is 9.47 Å². The van der Waals surface area contributed by atoms with Crippen molar-refractivity contribution < 1.29 is 23.9 Å². The molecule has 168 valence electrons. The predicted octanol–water partition coefficient (Wildman–Crippen LogP) is 2.77. The number of thiophene rings is 1. The second kappa shape index (κ2) is 8.27. The third-order valence-electron chi connectivity index (χ3n) is 5.50. The molecule has 4 amide bonds. The van der Waals surface area contributed by atoms with Gasteiger partial charge in [0, 0.05) is 6.42 Å². The van der Waals surface area contributed by atoms with Crippen LogP contribution in [0.5, 0.6) is 11.5 Å². The molecule has 0 radical (unpaired) electrons. The van der Waals surface area contributed by atoms with Crippen LogP contribution < -0.4 is 14.8 Å². The molecule has 9 nitrogen and oxygen atoms in total. The quantitative estimate of drug-likeness (QED) is 0.674. The van der Waals surface area contributed by atoms with E-state index < -0.39 is 29.4 Å². The molecular weight excluding hydrogens is 432 g/mol. The van der Waals surface area contributed by atoms with E-state index in [0.29, 0.717) is 17.9 Å². The molecule has 1 aromatic heterocycles. The lowest BCUT2D eigenvalue weighted by atomic mass is 10.0. The first-order chi connectivity index (χ1) is 15.2. The lowest BCUT2D eigenvalue weighted by Gasteiger charge is -2.24. The summed E-state index contributed by atoms with van der Waals surface area (Å²) in [5, 5.41) is 10.5. The van der Waals surface area contributed by atoms with Gasteiger partial charge < -0.3 is 14.8 Å². The number of nitrogens with zero attached hydrogens (tertiary/aromatic N) is 3. The van der Waals surface area contributed by atoms with Crippen molar-refractivity contribution in [3.8, 4) is 11.5 Å². The number of amides is 4. The van der Waals surface area contributed by atoms with E-state index in [2.05, 4.69) is 10.4 Å². The Hall–Kier alpha value is -3.40. The molecule has 10 heteroatoms. The molecule has 1 aromatic carbocycles. The molecule has 0 saturated carbocycles. The van der Waals surface area contributed by atoms with Gasteiger partial charge in [-0.3, -0.25) is 14.5 Å². The number of urea groups is 1. The largest absolute Gasteiger partial charge is 0.493 e. The summed E-state index contributed by atoms with van der Waals surface area (Å²) >= 11 is 1.54. The number of benzene rings is 1. The van der Waals surface area contributed by atoms with Crippen molar-refractivity contribution in [2.24, 2.45) is 5.10 Å². The number of methoxy groups -OCH3 is 2. The first kappa shape index (κ1) is 21.8. The highest BCUT2D eigenvalue weighted by atomic mass is 32.1. The number of hydrazone groups is 1. The Bertz CT molecular complexity index is 1100. The van der Waals surface area contributed by atoms with Crippen molar-refractivity contribution in [3.63, 3.8) is 0 Å². The van der Waals surface area contributed by atoms with Crippen LogP contribution in [-0.4, -0.2) is 59.8 Å². The summed E-state index contributed by atoms with van der Waals surface area (Å²) in [5.41, 5.74) is 0.533. The topological polar surface area (TPSA) is 101 Å². The zero-order valence-corrected chi connectivity index (χ0v) is 19.1. The Labute approximate surface area is 189 Å². The SMILES string of the molecule is COc1ccc(C2CC(c3cccs3)=NN2C(=O)CN2C(=O)NC(C)(C)C2=O)cc1OC. The minimum Gasteiger partial charge on any atom is -0.493 e. The van der Waals surface area contributed by atoms with Crippen molar-refractivity contribution in [1.29, 1.82) is 0 Å². The number of carbonyl (C=O) groups excluding carboxylic acids is 3. The minimum absolute atomic E-state index is 0.390. The lowest BCUT2D eigenvalue weighted by Crippen LogP contribution is -2.43. The second-order valence-electron chi connectivity index (χ2n) is 8.04. The molecule has 1 fully saturated rings. The summed E-state index contributed by atoms with van der Waals surface area (Å²) in [4.78, 5) is 40.0. The standard InChI is InChI=1S/C22H24N4O5S/c1-22(2)20(28)25(21(29)23-22)12-19(27)26-15(11-14(24-26)18-6-5-9-32-18)13-7-8-16(30-3)17(10-13)31-4/h5-10,15H,11-12H2,1-4H3,(H,23,29). The zero-order chi connectivity index (χ0) is 23.0. The molecule has 1 atom stereocenters. The second-order valence-corrected chi connectivity index (χ2v) is 8.99. The molecular formula is C22H24N4O5S. The van der Waals surface area contributed by atoms with Gasteiger partial charge in [-0.2, -0.15) is 5.10 Å². The predicted molar refractivity (Wildman–Crippen MR) is 119 cm³/mol. The Morgan fingerprint density at radius 3 is 2.56 bits per heavy atom. The van der Waals surface area contributed by atoms with Crippen molar-refractivity contribution >= 4 is 34.9 Å². The fourth-order valence-corrected chi connectivity index (χ4v) is 4.54. The number of hydrogen-bond acceptors (Lipinski definition) is 7. The van der Waals surface area contributed by atoms with Gasteiger partial charge in [-0.25, -0.2) is 9.80 Å². The maximum atomic E-state index is 13.3. The van der Waals surface area contributed by atoms with Crippen molar-refractivity contribution in [1.82, 2.24) is 15.2 Å².